The molecule has 0 aliphatic carbocycles. The Morgan fingerprint density at radius 3 is 2.64 bits per heavy atom. The summed E-state index contributed by atoms with van der Waals surface area (Å²) in [5, 5.41) is 5.80. The lowest BCUT2D eigenvalue weighted by Gasteiger charge is -2.23. The van der Waals surface area contributed by atoms with Crippen LogP contribution in [0.5, 0.6) is 0 Å². The third kappa shape index (κ3) is 4.76. The Kier molecular flexibility index (Phi) is 5.41. The van der Waals surface area contributed by atoms with E-state index >= 15 is 0 Å². The predicted molar refractivity (Wildman–Crippen MR) is 86.8 cm³/mol. The van der Waals surface area contributed by atoms with Crippen molar-refractivity contribution in [2.75, 3.05) is 19.6 Å². The van der Waals surface area contributed by atoms with Crippen LogP contribution in [0.2, 0.25) is 0 Å². The first-order valence-corrected chi connectivity index (χ1v) is 7.83. The second kappa shape index (κ2) is 7.29. The van der Waals surface area contributed by atoms with Crippen molar-refractivity contribution in [2.24, 2.45) is 0 Å². The summed E-state index contributed by atoms with van der Waals surface area (Å²) in [4.78, 5) is 25.3. The molecule has 5 heteroatoms. The van der Waals surface area contributed by atoms with Gasteiger partial charge in [-0.15, -0.1) is 0 Å². The van der Waals surface area contributed by atoms with Crippen LogP contribution in [-0.2, 0) is 11.2 Å². The molecule has 0 radical (unpaired) electrons. The van der Waals surface area contributed by atoms with Crippen LogP contribution < -0.4 is 10.6 Å². The Balaban J connectivity index is 1.89. The zero-order chi connectivity index (χ0) is 16.1. The highest BCUT2D eigenvalue weighted by Crippen LogP contribution is 2.11. The average Bonchev–Trinajstić information content (AvgIpc) is 2.62. The van der Waals surface area contributed by atoms with E-state index in [1.54, 1.807) is 4.90 Å². The van der Waals surface area contributed by atoms with Crippen LogP contribution in [0.3, 0.4) is 0 Å². The molecule has 1 aliphatic heterocycles. The third-order valence-corrected chi connectivity index (χ3v) is 3.79. The van der Waals surface area contributed by atoms with Crippen LogP contribution >= 0.6 is 0 Å². The lowest BCUT2D eigenvalue weighted by Crippen LogP contribution is -2.45. The maximum Gasteiger partial charge on any atom is 0.317 e. The molecule has 120 valence electrons. The van der Waals surface area contributed by atoms with E-state index in [-0.39, 0.29) is 18.0 Å². The van der Waals surface area contributed by atoms with E-state index in [0.717, 1.165) is 6.42 Å². The zero-order valence-corrected chi connectivity index (χ0v) is 13.6. The number of benzene rings is 1. The number of hydrogen-bond acceptors (Lipinski definition) is 2. The Hall–Kier alpha value is -2.04. The van der Waals surface area contributed by atoms with E-state index in [4.69, 9.17) is 0 Å². The standard InChI is InChI=1S/C17H25N3O2/c1-12-8-13(2)10-15(9-12)11-14(3)19-17(22)20-6-4-16(21)18-5-7-20/h8-10,14H,4-7,11H2,1-3H3,(H,18,21)(H,19,22)/t14-/m1/s1. The quantitative estimate of drug-likeness (QED) is 0.894. The predicted octanol–water partition coefficient (Wildman–Crippen LogP) is 1.77. The molecule has 1 aliphatic rings. The average molecular weight is 303 g/mol. The van der Waals surface area contributed by atoms with Gasteiger partial charge in [0.15, 0.2) is 0 Å². The first kappa shape index (κ1) is 16.3. The number of carbonyl (C=O) groups excluding carboxylic acids is 2. The molecule has 3 amide bonds. The van der Waals surface area contributed by atoms with Gasteiger partial charge in [0.1, 0.15) is 0 Å². The fourth-order valence-electron chi connectivity index (χ4n) is 2.86. The van der Waals surface area contributed by atoms with Gasteiger partial charge >= 0.3 is 6.03 Å². The molecule has 22 heavy (non-hydrogen) atoms. The Labute approximate surface area is 132 Å². The topological polar surface area (TPSA) is 61.4 Å². The summed E-state index contributed by atoms with van der Waals surface area (Å²) in [5.41, 5.74) is 3.72. The number of hydrogen-bond donors (Lipinski definition) is 2. The molecule has 0 unspecified atom stereocenters. The normalized spacial score (nSPS) is 16.7. The molecule has 0 bridgehead atoms. The Morgan fingerprint density at radius 1 is 1.27 bits per heavy atom. The van der Waals surface area contributed by atoms with Crippen LogP contribution in [0.4, 0.5) is 4.79 Å². The zero-order valence-electron chi connectivity index (χ0n) is 13.6. The molecule has 5 nitrogen and oxygen atoms in total. The van der Waals surface area contributed by atoms with E-state index in [1.807, 2.05) is 6.92 Å². The van der Waals surface area contributed by atoms with Gasteiger partial charge in [0.05, 0.1) is 0 Å². The van der Waals surface area contributed by atoms with E-state index in [1.165, 1.54) is 16.7 Å². The minimum atomic E-state index is -0.0895. The fraction of sp³-hybridized carbons (Fsp3) is 0.529. The van der Waals surface area contributed by atoms with Crippen molar-refractivity contribution < 1.29 is 9.59 Å². The molecule has 2 N–H and O–H groups in total. The van der Waals surface area contributed by atoms with Crippen molar-refractivity contribution in [1.82, 2.24) is 15.5 Å². The number of nitrogens with zero attached hydrogens (tertiary/aromatic N) is 1. The highest BCUT2D eigenvalue weighted by Gasteiger charge is 2.19. The number of aryl methyl sites for hydroxylation is 2. The highest BCUT2D eigenvalue weighted by molar-refractivity contribution is 5.79. The van der Waals surface area contributed by atoms with Crippen molar-refractivity contribution >= 4 is 11.9 Å². The first-order valence-electron chi connectivity index (χ1n) is 7.83. The molecular formula is C17H25N3O2. The van der Waals surface area contributed by atoms with Gasteiger partial charge in [0.2, 0.25) is 5.91 Å². The van der Waals surface area contributed by atoms with Crippen molar-refractivity contribution in [1.29, 1.82) is 0 Å². The van der Waals surface area contributed by atoms with Crippen molar-refractivity contribution in [3.63, 3.8) is 0 Å². The van der Waals surface area contributed by atoms with E-state index < -0.39 is 0 Å². The van der Waals surface area contributed by atoms with Crippen LogP contribution in [0.1, 0.15) is 30.0 Å². The van der Waals surface area contributed by atoms with Crippen LogP contribution in [0.25, 0.3) is 0 Å². The second-order valence-electron chi connectivity index (χ2n) is 6.14. The highest BCUT2D eigenvalue weighted by atomic mass is 16.2. The van der Waals surface area contributed by atoms with Gasteiger partial charge < -0.3 is 15.5 Å². The largest absolute Gasteiger partial charge is 0.354 e. The lowest BCUT2D eigenvalue weighted by atomic mass is 10.0. The summed E-state index contributed by atoms with van der Waals surface area (Å²) in [5.74, 6) is 0.0126. The summed E-state index contributed by atoms with van der Waals surface area (Å²) < 4.78 is 0. The van der Waals surface area contributed by atoms with Crippen LogP contribution in [0.15, 0.2) is 18.2 Å². The maximum atomic E-state index is 12.3. The Morgan fingerprint density at radius 2 is 1.95 bits per heavy atom. The van der Waals surface area contributed by atoms with Crippen LogP contribution in [0, 0.1) is 13.8 Å². The first-order chi connectivity index (χ1) is 10.4. The van der Waals surface area contributed by atoms with Gasteiger partial charge in [0, 0.05) is 32.1 Å². The number of amides is 3. The summed E-state index contributed by atoms with van der Waals surface area (Å²) in [7, 11) is 0. The SMILES string of the molecule is Cc1cc(C)cc(C[C@@H](C)NC(=O)N2CCNC(=O)CC2)c1. The van der Waals surface area contributed by atoms with Crippen molar-refractivity contribution in [3.8, 4) is 0 Å². The van der Waals surface area contributed by atoms with E-state index in [9.17, 15) is 9.59 Å². The van der Waals surface area contributed by atoms with E-state index in [2.05, 4.69) is 42.7 Å². The van der Waals surface area contributed by atoms with Gasteiger partial charge in [-0.05, 0) is 32.8 Å². The van der Waals surface area contributed by atoms with Gasteiger partial charge in [0.25, 0.3) is 0 Å². The molecular weight excluding hydrogens is 278 g/mol. The van der Waals surface area contributed by atoms with Gasteiger partial charge in [-0.1, -0.05) is 29.3 Å². The molecule has 1 saturated heterocycles. The molecule has 0 saturated carbocycles. The third-order valence-electron chi connectivity index (χ3n) is 3.79. The van der Waals surface area contributed by atoms with Gasteiger partial charge in [-0.2, -0.15) is 0 Å². The summed E-state index contributed by atoms with van der Waals surface area (Å²) in [6.07, 6.45) is 1.18. The van der Waals surface area contributed by atoms with Crippen molar-refractivity contribution in [3.05, 3.63) is 34.9 Å². The van der Waals surface area contributed by atoms with E-state index in [0.29, 0.717) is 26.1 Å². The summed E-state index contributed by atoms with van der Waals surface area (Å²) >= 11 is 0. The van der Waals surface area contributed by atoms with Crippen molar-refractivity contribution in [2.45, 2.75) is 39.7 Å². The molecule has 1 aromatic rings. The molecule has 1 aromatic carbocycles. The minimum absolute atomic E-state index is 0.0126. The summed E-state index contributed by atoms with van der Waals surface area (Å²) in [6.45, 7) is 7.75. The minimum Gasteiger partial charge on any atom is -0.354 e. The fourth-order valence-corrected chi connectivity index (χ4v) is 2.86. The molecule has 1 fully saturated rings. The summed E-state index contributed by atoms with van der Waals surface area (Å²) in [6, 6.07) is 6.43. The number of carbonyl (C=O) groups is 2. The Bertz CT molecular complexity index is 537. The molecule has 1 heterocycles. The lowest BCUT2D eigenvalue weighted by molar-refractivity contribution is -0.120. The smallest absolute Gasteiger partial charge is 0.317 e. The molecule has 0 aromatic heterocycles. The molecule has 2 rings (SSSR count). The molecule has 1 atom stereocenters. The van der Waals surface area contributed by atoms with Gasteiger partial charge in [-0.3, -0.25) is 4.79 Å². The van der Waals surface area contributed by atoms with Gasteiger partial charge in [-0.25, -0.2) is 4.79 Å². The number of urea groups is 1. The number of rotatable bonds is 3. The number of nitrogens with one attached hydrogen (secondary N) is 2. The molecule has 0 spiro atoms. The second-order valence-corrected chi connectivity index (χ2v) is 6.14. The maximum absolute atomic E-state index is 12.3. The monoisotopic (exact) mass is 303 g/mol. The van der Waals surface area contributed by atoms with Crippen LogP contribution in [-0.4, -0.2) is 42.5 Å².